The van der Waals surface area contributed by atoms with Gasteiger partial charge in [-0.25, -0.2) is 0 Å². The van der Waals surface area contributed by atoms with Crippen LogP contribution in [0.1, 0.15) is 25.5 Å². The Morgan fingerprint density at radius 3 is 2.40 bits per heavy atom. The first-order chi connectivity index (χ1) is 9.65. The van der Waals surface area contributed by atoms with Crippen molar-refractivity contribution in [1.82, 2.24) is 9.97 Å². The van der Waals surface area contributed by atoms with E-state index in [1.807, 2.05) is 44.3 Å². The molecule has 0 aliphatic carbocycles. The van der Waals surface area contributed by atoms with Crippen molar-refractivity contribution in [1.29, 1.82) is 0 Å². The van der Waals surface area contributed by atoms with Crippen LogP contribution < -0.4 is 0 Å². The van der Waals surface area contributed by atoms with Crippen molar-refractivity contribution >= 4 is 10.8 Å². The van der Waals surface area contributed by atoms with E-state index in [2.05, 4.69) is 16.0 Å². The van der Waals surface area contributed by atoms with Crippen LogP contribution in [0, 0.1) is 0 Å². The van der Waals surface area contributed by atoms with Crippen LogP contribution in [0.5, 0.6) is 5.75 Å². The fraction of sp³-hybridized carbons (Fsp3) is 0.176. The summed E-state index contributed by atoms with van der Waals surface area (Å²) in [6.45, 7) is 4.02. The molecule has 3 rings (SSSR count). The van der Waals surface area contributed by atoms with Gasteiger partial charge in [0.05, 0.1) is 11.4 Å². The second-order valence-corrected chi connectivity index (χ2v) is 5.20. The molecular weight excluding hydrogens is 248 g/mol. The van der Waals surface area contributed by atoms with Crippen LogP contribution in [0.2, 0.25) is 0 Å². The summed E-state index contributed by atoms with van der Waals surface area (Å²) < 4.78 is 0. The predicted molar refractivity (Wildman–Crippen MR) is 80.7 cm³/mol. The molecule has 0 saturated carbocycles. The lowest BCUT2D eigenvalue weighted by Gasteiger charge is -2.09. The van der Waals surface area contributed by atoms with Crippen LogP contribution in [0.15, 0.2) is 48.8 Å². The molecule has 20 heavy (non-hydrogen) atoms. The van der Waals surface area contributed by atoms with Crippen LogP contribution in [-0.4, -0.2) is 15.1 Å². The minimum atomic E-state index is 0.202. The Morgan fingerprint density at radius 1 is 0.950 bits per heavy atom. The van der Waals surface area contributed by atoms with Gasteiger partial charge in [-0.2, -0.15) is 0 Å². The van der Waals surface area contributed by atoms with E-state index >= 15 is 0 Å². The first-order valence-corrected chi connectivity index (χ1v) is 6.69. The molecule has 0 atom stereocenters. The summed E-state index contributed by atoms with van der Waals surface area (Å²) >= 11 is 0. The molecular formula is C17H16N2O. The highest BCUT2D eigenvalue weighted by Gasteiger charge is 2.10. The minimum absolute atomic E-state index is 0.202. The lowest BCUT2D eigenvalue weighted by Crippen LogP contribution is -1.94. The molecule has 0 unspecified atom stereocenters. The summed E-state index contributed by atoms with van der Waals surface area (Å²) in [6.07, 6.45) is 3.62. The zero-order valence-electron chi connectivity index (χ0n) is 11.5. The zero-order valence-corrected chi connectivity index (χ0v) is 11.5. The predicted octanol–water partition coefficient (Wildman–Crippen LogP) is 4.13. The quantitative estimate of drug-likeness (QED) is 0.757. The van der Waals surface area contributed by atoms with Gasteiger partial charge in [0.25, 0.3) is 0 Å². The van der Waals surface area contributed by atoms with E-state index in [1.54, 1.807) is 12.3 Å². The second kappa shape index (κ2) is 4.93. The van der Waals surface area contributed by atoms with Crippen LogP contribution in [0.4, 0.5) is 0 Å². The molecule has 1 aromatic carbocycles. The Hall–Kier alpha value is -2.42. The number of fused-ring (bicyclic) bond motifs is 1. The fourth-order valence-electron chi connectivity index (χ4n) is 2.29. The van der Waals surface area contributed by atoms with Crippen LogP contribution in [-0.2, 0) is 0 Å². The third-order valence-electron chi connectivity index (χ3n) is 3.37. The maximum Gasteiger partial charge on any atom is 0.138 e. The number of hydrogen-bond donors (Lipinski definition) is 1. The number of hydrogen-bond acceptors (Lipinski definition) is 3. The smallest absolute Gasteiger partial charge is 0.138 e. The van der Waals surface area contributed by atoms with E-state index in [4.69, 9.17) is 0 Å². The summed E-state index contributed by atoms with van der Waals surface area (Å²) in [5, 5.41) is 12.3. The molecule has 0 saturated heterocycles. The molecule has 2 heterocycles. The molecule has 0 spiro atoms. The summed E-state index contributed by atoms with van der Waals surface area (Å²) in [7, 11) is 0. The van der Waals surface area contributed by atoms with Crippen molar-refractivity contribution in [2.24, 2.45) is 0 Å². The van der Waals surface area contributed by atoms with Gasteiger partial charge >= 0.3 is 0 Å². The number of aromatic nitrogens is 2. The van der Waals surface area contributed by atoms with E-state index in [0.29, 0.717) is 0 Å². The standard InChI is InChI=1S/C17H16N2O/c1-11(2)17-16(20)8-14(10-19-17)15-7-12-5-3-4-6-13(12)9-18-15/h3-11,20H,1-2H3. The Morgan fingerprint density at radius 2 is 1.70 bits per heavy atom. The highest BCUT2D eigenvalue weighted by Crippen LogP contribution is 2.28. The highest BCUT2D eigenvalue weighted by atomic mass is 16.3. The van der Waals surface area contributed by atoms with Crippen molar-refractivity contribution < 1.29 is 5.11 Å². The van der Waals surface area contributed by atoms with Gasteiger partial charge in [-0.05, 0) is 23.4 Å². The van der Waals surface area contributed by atoms with Crippen molar-refractivity contribution in [3.63, 3.8) is 0 Å². The topological polar surface area (TPSA) is 46.0 Å². The number of benzene rings is 1. The molecule has 2 aromatic heterocycles. The van der Waals surface area contributed by atoms with Gasteiger partial charge in [0.15, 0.2) is 0 Å². The van der Waals surface area contributed by atoms with E-state index in [1.165, 1.54) is 0 Å². The monoisotopic (exact) mass is 264 g/mol. The number of pyridine rings is 2. The number of nitrogens with zero attached hydrogens (tertiary/aromatic N) is 2. The molecule has 3 nitrogen and oxygen atoms in total. The number of aromatic hydroxyl groups is 1. The van der Waals surface area contributed by atoms with Crippen molar-refractivity contribution in [3.8, 4) is 17.0 Å². The molecule has 0 radical (unpaired) electrons. The third kappa shape index (κ3) is 2.23. The average Bonchev–Trinajstić information content (AvgIpc) is 2.46. The average molecular weight is 264 g/mol. The minimum Gasteiger partial charge on any atom is -0.506 e. The third-order valence-corrected chi connectivity index (χ3v) is 3.37. The van der Waals surface area contributed by atoms with Gasteiger partial charge in [-0.3, -0.25) is 9.97 Å². The Balaban J connectivity index is 2.08. The summed E-state index contributed by atoms with van der Waals surface area (Å²) in [6, 6.07) is 11.8. The maximum atomic E-state index is 10.0. The zero-order chi connectivity index (χ0) is 14.1. The normalized spacial score (nSPS) is 11.2. The molecule has 1 N–H and O–H groups in total. The molecule has 0 aliphatic heterocycles. The molecule has 100 valence electrons. The SMILES string of the molecule is CC(C)c1ncc(-c2cc3ccccc3cn2)cc1O. The van der Waals surface area contributed by atoms with E-state index in [0.717, 1.165) is 27.7 Å². The van der Waals surface area contributed by atoms with Gasteiger partial charge in [0.1, 0.15) is 5.75 Å². The summed E-state index contributed by atoms with van der Waals surface area (Å²) in [4.78, 5) is 8.79. The van der Waals surface area contributed by atoms with Crippen molar-refractivity contribution in [2.75, 3.05) is 0 Å². The van der Waals surface area contributed by atoms with Gasteiger partial charge in [-0.1, -0.05) is 38.1 Å². The molecule has 0 aliphatic rings. The van der Waals surface area contributed by atoms with Crippen molar-refractivity contribution in [3.05, 3.63) is 54.5 Å². The lowest BCUT2D eigenvalue weighted by molar-refractivity contribution is 0.460. The summed E-state index contributed by atoms with van der Waals surface area (Å²) in [5.41, 5.74) is 2.37. The number of rotatable bonds is 2. The maximum absolute atomic E-state index is 10.0. The first kappa shape index (κ1) is 12.6. The largest absolute Gasteiger partial charge is 0.506 e. The highest BCUT2D eigenvalue weighted by molar-refractivity contribution is 5.85. The fourth-order valence-corrected chi connectivity index (χ4v) is 2.29. The van der Waals surface area contributed by atoms with Crippen LogP contribution in [0.25, 0.3) is 22.0 Å². The lowest BCUT2D eigenvalue weighted by atomic mass is 10.1. The van der Waals surface area contributed by atoms with E-state index < -0.39 is 0 Å². The molecule has 3 aromatic rings. The Kier molecular flexibility index (Phi) is 3.11. The molecule has 3 heteroatoms. The Labute approximate surface area is 117 Å². The second-order valence-electron chi connectivity index (χ2n) is 5.20. The van der Waals surface area contributed by atoms with E-state index in [9.17, 15) is 5.11 Å². The van der Waals surface area contributed by atoms with Crippen LogP contribution in [0.3, 0.4) is 0 Å². The van der Waals surface area contributed by atoms with Gasteiger partial charge in [0.2, 0.25) is 0 Å². The van der Waals surface area contributed by atoms with Gasteiger partial charge in [0, 0.05) is 23.3 Å². The molecule has 0 amide bonds. The van der Waals surface area contributed by atoms with Crippen LogP contribution >= 0.6 is 0 Å². The Bertz CT molecular complexity index is 766. The van der Waals surface area contributed by atoms with Gasteiger partial charge in [-0.15, -0.1) is 0 Å². The molecule has 0 bridgehead atoms. The first-order valence-electron chi connectivity index (χ1n) is 6.69. The summed E-state index contributed by atoms with van der Waals surface area (Å²) in [5.74, 6) is 0.432. The van der Waals surface area contributed by atoms with Crippen molar-refractivity contribution in [2.45, 2.75) is 19.8 Å². The molecule has 0 fully saturated rings. The van der Waals surface area contributed by atoms with E-state index in [-0.39, 0.29) is 11.7 Å². The van der Waals surface area contributed by atoms with Gasteiger partial charge < -0.3 is 5.11 Å².